The molecule has 0 saturated heterocycles. The van der Waals surface area contributed by atoms with Crippen LogP contribution in [0.25, 0.3) is 0 Å². The molecule has 5 nitrogen and oxygen atoms in total. The summed E-state index contributed by atoms with van der Waals surface area (Å²) in [6.45, 7) is 7.98. The summed E-state index contributed by atoms with van der Waals surface area (Å²) in [5.41, 5.74) is 0. The molecule has 18 heavy (non-hydrogen) atoms. The number of rotatable bonds is 8. The fourth-order valence-corrected chi connectivity index (χ4v) is 1.81. The molecule has 1 rings (SSSR count). The van der Waals surface area contributed by atoms with Gasteiger partial charge in [0.2, 0.25) is 0 Å². The van der Waals surface area contributed by atoms with E-state index in [1.807, 2.05) is 19.9 Å². The first-order valence-corrected chi connectivity index (χ1v) is 6.63. The maximum absolute atomic E-state index is 8.96. The predicted molar refractivity (Wildman–Crippen MR) is 74.9 cm³/mol. The summed E-state index contributed by atoms with van der Waals surface area (Å²) >= 11 is 0. The molecule has 3 N–H and O–H groups in total. The summed E-state index contributed by atoms with van der Waals surface area (Å²) in [6, 6.07) is 1.92. The van der Waals surface area contributed by atoms with Gasteiger partial charge in [0.15, 0.2) is 0 Å². The van der Waals surface area contributed by atoms with Crippen molar-refractivity contribution < 1.29 is 5.11 Å². The highest BCUT2D eigenvalue weighted by Crippen LogP contribution is 2.13. The molecule has 1 unspecified atom stereocenters. The molecule has 0 fully saturated rings. The van der Waals surface area contributed by atoms with Gasteiger partial charge in [-0.3, -0.25) is 0 Å². The number of aryl methyl sites for hydroxylation is 1. The largest absolute Gasteiger partial charge is 0.396 e. The molecule has 0 bridgehead atoms. The van der Waals surface area contributed by atoms with Gasteiger partial charge in [-0.2, -0.15) is 0 Å². The summed E-state index contributed by atoms with van der Waals surface area (Å²) in [5.74, 6) is 2.93. The molecule has 0 spiro atoms. The molecule has 0 aliphatic heterocycles. The van der Waals surface area contributed by atoms with Gasteiger partial charge in [-0.05, 0) is 26.2 Å². The molecule has 0 radical (unpaired) electrons. The van der Waals surface area contributed by atoms with Crippen LogP contribution in [0.5, 0.6) is 0 Å². The number of aliphatic hydroxyl groups excluding tert-OH is 1. The average Bonchev–Trinajstić information content (AvgIpc) is 2.34. The minimum atomic E-state index is 0.242. The Kier molecular flexibility index (Phi) is 6.43. The summed E-state index contributed by atoms with van der Waals surface area (Å²) in [7, 11) is 0. The number of nitrogens with zero attached hydrogens (tertiary/aromatic N) is 2. The van der Waals surface area contributed by atoms with Gasteiger partial charge in [0.1, 0.15) is 17.5 Å². The maximum atomic E-state index is 8.96. The first-order chi connectivity index (χ1) is 8.69. The monoisotopic (exact) mass is 252 g/mol. The number of hydrogen-bond donors (Lipinski definition) is 3. The molecule has 1 atom stereocenters. The van der Waals surface area contributed by atoms with Crippen LogP contribution in [-0.4, -0.2) is 34.8 Å². The van der Waals surface area contributed by atoms with Crippen molar-refractivity contribution >= 4 is 11.6 Å². The van der Waals surface area contributed by atoms with Gasteiger partial charge in [-0.15, -0.1) is 0 Å². The molecule has 0 aromatic carbocycles. The van der Waals surface area contributed by atoms with E-state index < -0.39 is 0 Å². The molecule has 0 aliphatic carbocycles. The van der Waals surface area contributed by atoms with Crippen molar-refractivity contribution in [1.82, 2.24) is 9.97 Å². The third-order valence-electron chi connectivity index (χ3n) is 2.88. The van der Waals surface area contributed by atoms with Crippen molar-refractivity contribution in [3.8, 4) is 0 Å². The summed E-state index contributed by atoms with van der Waals surface area (Å²) in [5, 5.41) is 15.5. The Morgan fingerprint density at radius 1 is 1.22 bits per heavy atom. The Balaban J connectivity index is 2.60. The van der Waals surface area contributed by atoms with E-state index in [2.05, 4.69) is 27.5 Å². The van der Waals surface area contributed by atoms with Gasteiger partial charge in [0.25, 0.3) is 0 Å². The lowest BCUT2D eigenvalue weighted by atomic mass is 10.0. The van der Waals surface area contributed by atoms with E-state index in [0.717, 1.165) is 43.4 Å². The molecule has 0 aliphatic rings. The topological polar surface area (TPSA) is 70.1 Å². The normalized spacial score (nSPS) is 12.2. The summed E-state index contributed by atoms with van der Waals surface area (Å²) in [4.78, 5) is 8.66. The van der Waals surface area contributed by atoms with E-state index in [1.165, 1.54) is 0 Å². The van der Waals surface area contributed by atoms with Crippen molar-refractivity contribution in [3.63, 3.8) is 0 Å². The second kappa shape index (κ2) is 7.87. The van der Waals surface area contributed by atoms with Crippen LogP contribution in [0.1, 0.15) is 32.5 Å². The molecule has 0 amide bonds. The highest BCUT2D eigenvalue weighted by molar-refractivity contribution is 5.47. The van der Waals surface area contributed by atoms with Gasteiger partial charge in [0.05, 0.1) is 0 Å². The second-order valence-corrected chi connectivity index (χ2v) is 4.38. The van der Waals surface area contributed by atoms with E-state index in [-0.39, 0.29) is 6.61 Å². The van der Waals surface area contributed by atoms with Crippen LogP contribution in [0.4, 0.5) is 11.6 Å². The molecular formula is C13H24N4O. The fraction of sp³-hybridized carbons (Fsp3) is 0.692. The smallest absolute Gasteiger partial charge is 0.131 e. The Bertz CT molecular complexity index is 357. The molecule has 1 aromatic heterocycles. The third-order valence-corrected chi connectivity index (χ3v) is 2.88. The fourth-order valence-electron chi connectivity index (χ4n) is 1.81. The van der Waals surface area contributed by atoms with Crippen molar-refractivity contribution in [1.29, 1.82) is 0 Å². The highest BCUT2D eigenvalue weighted by Gasteiger charge is 2.07. The zero-order valence-corrected chi connectivity index (χ0v) is 11.5. The van der Waals surface area contributed by atoms with E-state index >= 15 is 0 Å². The van der Waals surface area contributed by atoms with Gasteiger partial charge in [0, 0.05) is 25.8 Å². The first-order valence-electron chi connectivity index (χ1n) is 6.63. The zero-order chi connectivity index (χ0) is 13.4. The Morgan fingerprint density at radius 2 is 1.89 bits per heavy atom. The van der Waals surface area contributed by atoms with E-state index in [4.69, 9.17) is 5.11 Å². The van der Waals surface area contributed by atoms with Crippen LogP contribution in [0.2, 0.25) is 0 Å². The predicted octanol–water partition coefficient (Wildman–Crippen LogP) is 2.04. The number of hydrogen-bond acceptors (Lipinski definition) is 5. The van der Waals surface area contributed by atoms with Crippen LogP contribution in [0.3, 0.4) is 0 Å². The van der Waals surface area contributed by atoms with Crippen molar-refractivity contribution in [3.05, 3.63) is 11.9 Å². The van der Waals surface area contributed by atoms with Gasteiger partial charge >= 0.3 is 0 Å². The number of nitrogens with one attached hydrogen (secondary N) is 2. The summed E-state index contributed by atoms with van der Waals surface area (Å²) in [6.07, 6.45) is 1.88. The SMILES string of the molecule is CCNc1cc(NCC(CC)CCO)nc(C)n1. The van der Waals surface area contributed by atoms with E-state index in [0.29, 0.717) is 5.92 Å². The number of aromatic nitrogens is 2. The van der Waals surface area contributed by atoms with E-state index in [9.17, 15) is 0 Å². The minimum Gasteiger partial charge on any atom is -0.396 e. The number of aliphatic hydroxyl groups is 1. The second-order valence-electron chi connectivity index (χ2n) is 4.38. The van der Waals surface area contributed by atoms with Crippen LogP contribution in [-0.2, 0) is 0 Å². The van der Waals surface area contributed by atoms with Crippen molar-refractivity contribution in [2.45, 2.75) is 33.6 Å². The maximum Gasteiger partial charge on any atom is 0.131 e. The Morgan fingerprint density at radius 3 is 2.44 bits per heavy atom. The average molecular weight is 252 g/mol. The molecule has 0 saturated carbocycles. The van der Waals surface area contributed by atoms with Crippen LogP contribution < -0.4 is 10.6 Å². The van der Waals surface area contributed by atoms with Crippen molar-refractivity contribution in [2.75, 3.05) is 30.3 Å². The standard InChI is InChI=1S/C13H24N4O/c1-4-11(6-7-18)9-15-13-8-12(14-5-2)16-10(3)17-13/h8,11,18H,4-7,9H2,1-3H3,(H2,14,15,16,17). The molecule has 102 valence electrons. The first kappa shape index (κ1) is 14.7. The molecule has 5 heteroatoms. The van der Waals surface area contributed by atoms with Crippen molar-refractivity contribution in [2.24, 2.45) is 5.92 Å². The van der Waals surface area contributed by atoms with Gasteiger partial charge in [-0.25, -0.2) is 9.97 Å². The number of anilines is 2. The molecule has 1 aromatic rings. The molecule has 1 heterocycles. The highest BCUT2D eigenvalue weighted by atomic mass is 16.3. The van der Waals surface area contributed by atoms with Gasteiger partial charge < -0.3 is 15.7 Å². The Labute approximate surface area is 109 Å². The Hall–Kier alpha value is -1.36. The lowest BCUT2D eigenvalue weighted by molar-refractivity contribution is 0.258. The van der Waals surface area contributed by atoms with Crippen LogP contribution in [0, 0.1) is 12.8 Å². The van der Waals surface area contributed by atoms with Crippen LogP contribution in [0.15, 0.2) is 6.07 Å². The van der Waals surface area contributed by atoms with Gasteiger partial charge in [-0.1, -0.05) is 13.3 Å². The molecular weight excluding hydrogens is 228 g/mol. The van der Waals surface area contributed by atoms with Crippen LogP contribution >= 0.6 is 0 Å². The lowest BCUT2D eigenvalue weighted by Gasteiger charge is -2.15. The lowest BCUT2D eigenvalue weighted by Crippen LogP contribution is -2.16. The quantitative estimate of drug-likeness (QED) is 0.660. The minimum absolute atomic E-state index is 0.242. The third kappa shape index (κ3) is 4.87. The van der Waals surface area contributed by atoms with E-state index in [1.54, 1.807) is 0 Å². The summed E-state index contributed by atoms with van der Waals surface area (Å²) < 4.78 is 0. The zero-order valence-electron chi connectivity index (χ0n) is 11.5.